The molecule has 1 aliphatic carbocycles. The van der Waals surface area contributed by atoms with Crippen LogP contribution < -0.4 is 5.56 Å². The van der Waals surface area contributed by atoms with Crippen molar-refractivity contribution in [2.45, 2.75) is 39.2 Å². The second-order valence-electron chi connectivity index (χ2n) is 5.44. The summed E-state index contributed by atoms with van der Waals surface area (Å²) in [4.78, 5) is 19.0. The van der Waals surface area contributed by atoms with Crippen molar-refractivity contribution in [2.24, 2.45) is 0 Å². The highest BCUT2D eigenvalue weighted by atomic mass is 32.1. The van der Waals surface area contributed by atoms with Crippen molar-refractivity contribution >= 4 is 21.6 Å². The molecule has 0 unspecified atom stereocenters. The molecule has 0 atom stereocenters. The number of nitrogens with zero attached hydrogens (tertiary/aromatic N) is 3. The smallest absolute Gasteiger partial charge is 0.262 e. The Kier molecular flexibility index (Phi) is 2.92. The summed E-state index contributed by atoms with van der Waals surface area (Å²) >= 11 is 1.60. The number of thiophene rings is 1. The lowest BCUT2D eigenvalue weighted by Gasteiger charge is -2.04. The van der Waals surface area contributed by atoms with Crippen LogP contribution in [0.15, 0.2) is 17.2 Å². The van der Waals surface area contributed by atoms with Gasteiger partial charge >= 0.3 is 0 Å². The summed E-state index contributed by atoms with van der Waals surface area (Å²) in [5.41, 5.74) is 3.54. The van der Waals surface area contributed by atoms with Crippen LogP contribution in [0.4, 0.5) is 0 Å². The number of aromatic nitrogens is 4. The van der Waals surface area contributed by atoms with E-state index in [1.165, 1.54) is 22.6 Å². The van der Waals surface area contributed by atoms with Gasteiger partial charge in [-0.3, -0.25) is 14.5 Å². The van der Waals surface area contributed by atoms with Crippen molar-refractivity contribution in [3.8, 4) is 0 Å². The van der Waals surface area contributed by atoms with Gasteiger partial charge in [0, 0.05) is 10.6 Å². The van der Waals surface area contributed by atoms with Gasteiger partial charge in [0.15, 0.2) is 0 Å². The molecule has 108 valence electrons. The highest BCUT2D eigenvalue weighted by Crippen LogP contribution is 2.24. The SMILES string of the molecule is CCc1cc2c(=O)n(Cc3n[nH]c4c3CCC4)cnc2s1. The van der Waals surface area contributed by atoms with E-state index in [1.54, 1.807) is 22.2 Å². The standard InChI is InChI=1S/C15H16N4OS/c1-2-9-6-11-14(21-9)16-8-19(15(11)20)7-13-10-4-3-5-12(10)17-18-13/h6,8H,2-5,7H2,1H3,(H,17,18). The first-order chi connectivity index (χ1) is 10.3. The average molecular weight is 300 g/mol. The number of H-pyrrole nitrogens is 1. The Balaban J connectivity index is 1.76. The fourth-order valence-electron chi connectivity index (χ4n) is 2.98. The first-order valence-corrected chi connectivity index (χ1v) is 8.10. The lowest BCUT2D eigenvalue weighted by Crippen LogP contribution is -2.21. The third-order valence-corrected chi connectivity index (χ3v) is 5.32. The van der Waals surface area contributed by atoms with E-state index in [9.17, 15) is 4.79 Å². The van der Waals surface area contributed by atoms with Crippen molar-refractivity contribution in [2.75, 3.05) is 0 Å². The number of nitrogens with one attached hydrogen (secondary N) is 1. The molecular formula is C15H16N4OS. The summed E-state index contributed by atoms with van der Waals surface area (Å²) in [6.07, 6.45) is 5.89. The third kappa shape index (κ3) is 2.01. The second kappa shape index (κ2) is 4.80. The van der Waals surface area contributed by atoms with E-state index < -0.39 is 0 Å². The monoisotopic (exact) mass is 300 g/mol. The Morgan fingerprint density at radius 1 is 1.43 bits per heavy atom. The Bertz CT molecular complexity index is 874. The van der Waals surface area contributed by atoms with E-state index in [0.717, 1.165) is 35.2 Å². The number of hydrogen-bond donors (Lipinski definition) is 1. The zero-order valence-electron chi connectivity index (χ0n) is 11.8. The van der Waals surface area contributed by atoms with E-state index in [2.05, 4.69) is 22.1 Å². The molecule has 1 N–H and O–H groups in total. The minimum absolute atomic E-state index is 0.0331. The van der Waals surface area contributed by atoms with Crippen LogP contribution in [-0.2, 0) is 25.8 Å². The molecule has 3 aromatic rings. The first kappa shape index (κ1) is 12.8. The zero-order chi connectivity index (χ0) is 14.4. The normalized spacial score (nSPS) is 14.0. The predicted molar refractivity (Wildman–Crippen MR) is 83.0 cm³/mol. The fourth-order valence-corrected chi connectivity index (χ4v) is 3.90. The largest absolute Gasteiger partial charge is 0.292 e. The van der Waals surface area contributed by atoms with Gasteiger partial charge in [-0.1, -0.05) is 6.92 Å². The molecule has 0 aromatic carbocycles. The molecule has 1 aliphatic rings. The molecule has 5 nitrogen and oxygen atoms in total. The molecule has 0 saturated carbocycles. The highest BCUT2D eigenvalue weighted by molar-refractivity contribution is 7.18. The van der Waals surface area contributed by atoms with Gasteiger partial charge < -0.3 is 0 Å². The Hall–Kier alpha value is -1.95. The molecule has 3 aromatic heterocycles. The molecule has 0 spiro atoms. The summed E-state index contributed by atoms with van der Waals surface area (Å²) in [6, 6.07) is 1.97. The molecule has 0 aliphatic heterocycles. The van der Waals surface area contributed by atoms with Crippen LogP contribution >= 0.6 is 11.3 Å². The number of fused-ring (bicyclic) bond motifs is 2. The number of aryl methyl sites for hydroxylation is 2. The summed E-state index contributed by atoms with van der Waals surface area (Å²) < 4.78 is 1.67. The maximum absolute atomic E-state index is 12.6. The molecule has 6 heteroatoms. The van der Waals surface area contributed by atoms with E-state index in [1.807, 2.05) is 6.07 Å². The molecule has 0 bridgehead atoms. The lowest BCUT2D eigenvalue weighted by atomic mass is 10.2. The van der Waals surface area contributed by atoms with E-state index in [4.69, 9.17) is 0 Å². The molecule has 0 saturated heterocycles. The van der Waals surface area contributed by atoms with Crippen LogP contribution in [-0.4, -0.2) is 19.7 Å². The van der Waals surface area contributed by atoms with Gasteiger partial charge in [-0.15, -0.1) is 11.3 Å². The molecular weight excluding hydrogens is 284 g/mol. The minimum Gasteiger partial charge on any atom is -0.292 e. The van der Waals surface area contributed by atoms with Gasteiger partial charge in [-0.2, -0.15) is 5.10 Å². The highest BCUT2D eigenvalue weighted by Gasteiger charge is 2.19. The summed E-state index contributed by atoms with van der Waals surface area (Å²) in [5.74, 6) is 0. The third-order valence-electron chi connectivity index (χ3n) is 4.13. The molecule has 0 amide bonds. The summed E-state index contributed by atoms with van der Waals surface area (Å²) in [7, 11) is 0. The molecule has 0 fully saturated rings. The predicted octanol–water partition coefficient (Wildman–Crippen LogP) is 2.28. The van der Waals surface area contributed by atoms with Gasteiger partial charge in [0.25, 0.3) is 5.56 Å². The number of hydrogen-bond acceptors (Lipinski definition) is 4. The van der Waals surface area contributed by atoms with Gasteiger partial charge in [0.05, 0.1) is 24.0 Å². The first-order valence-electron chi connectivity index (χ1n) is 7.29. The second-order valence-corrected chi connectivity index (χ2v) is 6.56. The average Bonchev–Trinajstić information content (AvgIpc) is 3.18. The van der Waals surface area contributed by atoms with Gasteiger partial charge in [0.2, 0.25) is 0 Å². The topological polar surface area (TPSA) is 63.6 Å². The fraction of sp³-hybridized carbons (Fsp3) is 0.400. The van der Waals surface area contributed by atoms with Gasteiger partial charge in [0.1, 0.15) is 4.83 Å². The number of rotatable bonds is 3. The van der Waals surface area contributed by atoms with Gasteiger partial charge in [-0.05, 0) is 37.3 Å². The van der Waals surface area contributed by atoms with Crippen LogP contribution in [0.2, 0.25) is 0 Å². The van der Waals surface area contributed by atoms with Crippen molar-refractivity contribution in [3.63, 3.8) is 0 Å². The minimum atomic E-state index is 0.0331. The van der Waals surface area contributed by atoms with Crippen LogP contribution in [0.3, 0.4) is 0 Å². The van der Waals surface area contributed by atoms with Crippen LogP contribution in [0.5, 0.6) is 0 Å². The summed E-state index contributed by atoms with van der Waals surface area (Å²) in [5, 5.41) is 8.19. The van der Waals surface area contributed by atoms with Crippen molar-refractivity contribution in [1.29, 1.82) is 0 Å². The zero-order valence-corrected chi connectivity index (χ0v) is 12.7. The molecule has 4 rings (SSSR count). The Labute approximate surface area is 125 Å². The van der Waals surface area contributed by atoms with Crippen molar-refractivity contribution in [1.82, 2.24) is 19.7 Å². The lowest BCUT2D eigenvalue weighted by molar-refractivity contribution is 0.714. The molecule has 21 heavy (non-hydrogen) atoms. The van der Waals surface area contributed by atoms with Crippen LogP contribution in [0.25, 0.3) is 10.2 Å². The summed E-state index contributed by atoms with van der Waals surface area (Å²) in [6.45, 7) is 2.60. The number of aromatic amines is 1. The van der Waals surface area contributed by atoms with E-state index in [-0.39, 0.29) is 5.56 Å². The maximum Gasteiger partial charge on any atom is 0.262 e. The molecule has 0 radical (unpaired) electrons. The van der Waals surface area contributed by atoms with Crippen molar-refractivity contribution in [3.05, 3.63) is 44.6 Å². The molecule has 3 heterocycles. The Morgan fingerprint density at radius 3 is 3.19 bits per heavy atom. The van der Waals surface area contributed by atoms with Crippen LogP contribution in [0, 0.1) is 0 Å². The quantitative estimate of drug-likeness (QED) is 0.807. The maximum atomic E-state index is 12.6. The van der Waals surface area contributed by atoms with Crippen LogP contribution in [0.1, 0.15) is 35.2 Å². The van der Waals surface area contributed by atoms with E-state index >= 15 is 0 Å². The van der Waals surface area contributed by atoms with E-state index in [0.29, 0.717) is 6.54 Å². The Morgan fingerprint density at radius 2 is 2.33 bits per heavy atom. The van der Waals surface area contributed by atoms with Gasteiger partial charge in [-0.25, -0.2) is 4.98 Å². The van der Waals surface area contributed by atoms with Crippen molar-refractivity contribution < 1.29 is 0 Å².